The average molecular weight is 391 g/mol. The number of aromatic nitrogens is 2. The van der Waals surface area contributed by atoms with Gasteiger partial charge in [0.1, 0.15) is 0 Å². The van der Waals surface area contributed by atoms with Gasteiger partial charge in [0.25, 0.3) is 5.22 Å². The average Bonchev–Trinajstić information content (AvgIpc) is 2.99. The number of hydrogen-bond donors (Lipinski definition) is 2. The monoisotopic (exact) mass is 390 g/mol. The van der Waals surface area contributed by atoms with E-state index in [1.54, 1.807) is 0 Å². The summed E-state index contributed by atoms with van der Waals surface area (Å²) in [6.07, 6.45) is 0. The number of amides is 3. The highest BCUT2D eigenvalue weighted by Crippen LogP contribution is 2.27. The zero-order chi connectivity index (χ0) is 20.2. The molecule has 0 aliphatic heterocycles. The zero-order valence-corrected chi connectivity index (χ0v) is 17.4. The first-order chi connectivity index (χ1) is 12.4. The van der Waals surface area contributed by atoms with E-state index in [4.69, 9.17) is 4.42 Å². The second-order valence-corrected chi connectivity index (χ2v) is 9.17. The predicted octanol–water partition coefficient (Wildman–Crippen LogP) is 3.75. The summed E-state index contributed by atoms with van der Waals surface area (Å²) in [7, 11) is 0. The third-order valence-electron chi connectivity index (χ3n) is 3.47. The predicted molar refractivity (Wildman–Crippen MR) is 106 cm³/mol. The van der Waals surface area contributed by atoms with Crippen molar-refractivity contribution in [1.29, 1.82) is 0 Å². The maximum absolute atomic E-state index is 11.8. The Kier molecular flexibility index (Phi) is 6.30. The van der Waals surface area contributed by atoms with Crippen LogP contribution < -0.4 is 10.6 Å². The molecule has 146 valence electrons. The number of nitrogens with zero attached hydrogens (tertiary/aromatic N) is 2. The van der Waals surface area contributed by atoms with Crippen LogP contribution in [0.3, 0.4) is 0 Å². The highest BCUT2D eigenvalue weighted by atomic mass is 32.2. The van der Waals surface area contributed by atoms with E-state index in [-0.39, 0.29) is 16.4 Å². The SMILES string of the molecule is CC(C)(C)NC(=O)NC(=O)CSc1nnc(-c2ccc(C(C)(C)C)cc2)o1. The van der Waals surface area contributed by atoms with E-state index in [2.05, 4.69) is 41.6 Å². The number of carbonyl (C=O) groups excluding carboxylic acids is 2. The first kappa shape index (κ1) is 21.0. The Bertz CT molecular complexity index is 802. The molecule has 2 rings (SSSR count). The van der Waals surface area contributed by atoms with Crippen LogP contribution in [0.5, 0.6) is 0 Å². The maximum Gasteiger partial charge on any atom is 0.321 e. The van der Waals surface area contributed by atoms with Crippen molar-refractivity contribution in [2.75, 3.05) is 5.75 Å². The van der Waals surface area contributed by atoms with Gasteiger partial charge in [-0.25, -0.2) is 4.79 Å². The Morgan fingerprint density at radius 1 is 1.04 bits per heavy atom. The summed E-state index contributed by atoms with van der Waals surface area (Å²) in [5, 5.41) is 13.2. The highest BCUT2D eigenvalue weighted by molar-refractivity contribution is 7.99. The van der Waals surface area contributed by atoms with Crippen LogP contribution in [0.1, 0.15) is 47.1 Å². The summed E-state index contributed by atoms with van der Waals surface area (Å²) in [5.41, 5.74) is 1.68. The lowest BCUT2D eigenvalue weighted by Crippen LogP contribution is -2.48. The Hall–Kier alpha value is -2.35. The minimum atomic E-state index is -0.529. The Labute approximate surface area is 163 Å². The van der Waals surface area contributed by atoms with Gasteiger partial charge < -0.3 is 9.73 Å². The number of imide groups is 1. The molecule has 1 aromatic heterocycles. The smallest absolute Gasteiger partial charge is 0.321 e. The van der Waals surface area contributed by atoms with Crippen molar-refractivity contribution in [3.05, 3.63) is 29.8 Å². The lowest BCUT2D eigenvalue weighted by molar-refractivity contribution is -0.117. The quantitative estimate of drug-likeness (QED) is 0.772. The molecule has 7 nitrogen and oxygen atoms in total. The van der Waals surface area contributed by atoms with Crippen molar-refractivity contribution < 1.29 is 14.0 Å². The van der Waals surface area contributed by atoms with E-state index in [9.17, 15) is 9.59 Å². The first-order valence-electron chi connectivity index (χ1n) is 8.63. The molecule has 27 heavy (non-hydrogen) atoms. The number of hydrogen-bond acceptors (Lipinski definition) is 6. The van der Waals surface area contributed by atoms with Gasteiger partial charge in [-0.15, -0.1) is 10.2 Å². The van der Waals surface area contributed by atoms with Gasteiger partial charge in [0.05, 0.1) is 5.75 Å². The molecule has 0 spiro atoms. The van der Waals surface area contributed by atoms with E-state index >= 15 is 0 Å². The second kappa shape index (κ2) is 8.12. The molecule has 2 N–H and O–H groups in total. The van der Waals surface area contributed by atoms with Crippen molar-refractivity contribution in [3.8, 4) is 11.5 Å². The third-order valence-corrected chi connectivity index (χ3v) is 4.29. The Balaban J connectivity index is 1.91. The van der Waals surface area contributed by atoms with Crippen LogP contribution in [0.2, 0.25) is 0 Å². The molecule has 0 saturated heterocycles. The molecule has 1 aromatic carbocycles. The van der Waals surface area contributed by atoms with Crippen molar-refractivity contribution >= 4 is 23.7 Å². The number of urea groups is 1. The Morgan fingerprint density at radius 3 is 2.22 bits per heavy atom. The molecule has 0 bridgehead atoms. The molecule has 1 heterocycles. The fourth-order valence-electron chi connectivity index (χ4n) is 2.16. The standard InChI is InChI=1S/C19H26N4O3S/c1-18(2,3)13-9-7-12(8-10-13)15-22-23-17(26-15)27-11-14(24)20-16(25)21-19(4,5)6/h7-10H,11H2,1-6H3,(H2,20,21,24,25). The molecule has 0 aliphatic carbocycles. The fraction of sp³-hybridized carbons (Fsp3) is 0.474. The Morgan fingerprint density at radius 2 is 1.67 bits per heavy atom. The fourth-order valence-corrected chi connectivity index (χ4v) is 2.72. The van der Waals surface area contributed by atoms with Crippen LogP contribution in [-0.2, 0) is 10.2 Å². The van der Waals surface area contributed by atoms with Crippen LogP contribution in [-0.4, -0.2) is 33.4 Å². The van der Waals surface area contributed by atoms with Gasteiger partial charge in [0.2, 0.25) is 11.8 Å². The van der Waals surface area contributed by atoms with Gasteiger partial charge in [-0.3, -0.25) is 10.1 Å². The van der Waals surface area contributed by atoms with E-state index in [1.807, 2.05) is 45.0 Å². The summed E-state index contributed by atoms with van der Waals surface area (Å²) in [6, 6.07) is 7.41. The van der Waals surface area contributed by atoms with E-state index in [0.717, 1.165) is 17.3 Å². The maximum atomic E-state index is 11.8. The van der Waals surface area contributed by atoms with Crippen molar-refractivity contribution in [2.24, 2.45) is 0 Å². The van der Waals surface area contributed by atoms with E-state index in [0.29, 0.717) is 5.89 Å². The summed E-state index contributed by atoms with van der Waals surface area (Å²) in [6.45, 7) is 11.9. The first-order valence-corrected chi connectivity index (χ1v) is 9.62. The lowest BCUT2D eigenvalue weighted by Gasteiger charge is -2.20. The molecule has 3 amide bonds. The largest absolute Gasteiger partial charge is 0.411 e. The number of nitrogens with one attached hydrogen (secondary N) is 2. The highest BCUT2D eigenvalue weighted by Gasteiger charge is 2.17. The van der Waals surface area contributed by atoms with Crippen molar-refractivity contribution in [2.45, 2.75) is 57.7 Å². The molecule has 0 unspecified atom stereocenters. The van der Waals surface area contributed by atoms with Crippen LogP contribution in [0, 0.1) is 0 Å². The van der Waals surface area contributed by atoms with Gasteiger partial charge in [-0.2, -0.15) is 0 Å². The van der Waals surface area contributed by atoms with Gasteiger partial charge in [-0.1, -0.05) is 44.7 Å². The van der Waals surface area contributed by atoms with Crippen LogP contribution >= 0.6 is 11.8 Å². The van der Waals surface area contributed by atoms with Crippen molar-refractivity contribution in [1.82, 2.24) is 20.8 Å². The van der Waals surface area contributed by atoms with Gasteiger partial charge in [0, 0.05) is 11.1 Å². The molecule has 8 heteroatoms. The van der Waals surface area contributed by atoms with Crippen LogP contribution in [0.4, 0.5) is 4.79 Å². The lowest BCUT2D eigenvalue weighted by atomic mass is 9.87. The topological polar surface area (TPSA) is 97.1 Å². The molecule has 0 saturated carbocycles. The molecule has 2 aromatic rings. The summed E-state index contributed by atoms with van der Waals surface area (Å²) < 4.78 is 5.59. The number of rotatable bonds is 4. The minimum absolute atomic E-state index is 0.00214. The van der Waals surface area contributed by atoms with Crippen LogP contribution in [0.15, 0.2) is 33.9 Å². The van der Waals surface area contributed by atoms with Crippen LogP contribution in [0.25, 0.3) is 11.5 Å². The molecule has 0 radical (unpaired) electrons. The van der Waals surface area contributed by atoms with Crippen molar-refractivity contribution in [3.63, 3.8) is 0 Å². The molecule has 0 aliphatic rings. The summed E-state index contributed by atoms with van der Waals surface area (Å²) in [5.74, 6) is -0.0396. The number of benzene rings is 1. The van der Waals surface area contributed by atoms with E-state index in [1.165, 1.54) is 5.56 Å². The third kappa shape index (κ3) is 6.71. The minimum Gasteiger partial charge on any atom is -0.411 e. The summed E-state index contributed by atoms with van der Waals surface area (Å²) >= 11 is 1.08. The van der Waals surface area contributed by atoms with Gasteiger partial charge in [-0.05, 0) is 43.9 Å². The molecule has 0 fully saturated rings. The summed E-state index contributed by atoms with van der Waals surface area (Å²) in [4.78, 5) is 23.5. The zero-order valence-electron chi connectivity index (χ0n) is 16.5. The number of carbonyl (C=O) groups is 2. The number of thioether (sulfide) groups is 1. The van der Waals surface area contributed by atoms with Gasteiger partial charge >= 0.3 is 6.03 Å². The molecule has 0 atom stereocenters. The van der Waals surface area contributed by atoms with E-state index < -0.39 is 17.5 Å². The molecular formula is C19H26N4O3S. The molecular weight excluding hydrogens is 364 g/mol. The van der Waals surface area contributed by atoms with Gasteiger partial charge in [0.15, 0.2) is 0 Å². The second-order valence-electron chi connectivity index (χ2n) is 8.24. The normalized spacial score (nSPS) is 11.9.